The van der Waals surface area contributed by atoms with Gasteiger partial charge in [-0.15, -0.1) is 11.3 Å². The molecule has 1 amide bonds. The van der Waals surface area contributed by atoms with Crippen LogP contribution in [0.25, 0.3) is 0 Å². The quantitative estimate of drug-likeness (QED) is 0.716. The van der Waals surface area contributed by atoms with Gasteiger partial charge in [0.2, 0.25) is 0 Å². The van der Waals surface area contributed by atoms with E-state index in [0.717, 1.165) is 23.4 Å². The Balaban J connectivity index is 1.76. The summed E-state index contributed by atoms with van der Waals surface area (Å²) in [5.74, 6) is -0.137. The van der Waals surface area contributed by atoms with Crippen molar-refractivity contribution in [2.75, 3.05) is 0 Å². The van der Waals surface area contributed by atoms with Gasteiger partial charge in [0.25, 0.3) is 5.91 Å². The summed E-state index contributed by atoms with van der Waals surface area (Å²) in [6.07, 6.45) is 7.33. The molecule has 1 atom stereocenters. The molecule has 3 rings (SSSR count). The summed E-state index contributed by atoms with van der Waals surface area (Å²) in [5.41, 5.74) is 1.55. The van der Waals surface area contributed by atoms with Crippen molar-refractivity contribution in [3.8, 4) is 0 Å². The van der Waals surface area contributed by atoms with Gasteiger partial charge in [0.05, 0.1) is 17.4 Å². The first-order chi connectivity index (χ1) is 11.8. The Morgan fingerprint density at radius 3 is 2.88 bits per heavy atom. The topological polar surface area (TPSA) is 59.8 Å². The van der Waals surface area contributed by atoms with Crippen molar-refractivity contribution < 1.29 is 4.79 Å². The highest BCUT2D eigenvalue weighted by atomic mass is 32.1. The van der Waals surface area contributed by atoms with E-state index in [2.05, 4.69) is 22.2 Å². The fraction of sp³-hybridized carbons (Fsp3) is 0.278. The van der Waals surface area contributed by atoms with Crippen LogP contribution in [-0.2, 0) is 13.0 Å². The van der Waals surface area contributed by atoms with Gasteiger partial charge in [-0.05, 0) is 18.4 Å². The zero-order valence-electron chi connectivity index (χ0n) is 13.6. The van der Waals surface area contributed by atoms with E-state index in [1.165, 1.54) is 0 Å². The number of aryl methyl sites for hydroxylation is 1. The normalized spacial score (nSPS) is 12.0. The first kappa shape index (κ1) is 16.4. The Morgan fingerprint density at radius 1 is 1.33 bits per heavy atom. The van der Waals surface area contributed by atoms with Gasteiger partial charge < -0.3 is 9.88 Å². The number of carbonyl (C=O) groups is 1. The number of thiazole rings is 1. The van der Waals surface area contributed by atoms with E-state index in [1.54, 1.807) is 23.9 Å². The second-order valence-corrected chi connectivity index (χ2v) is 6.52. The van der Waals surface area contributed by atoms with Crippen molar-refractivity contribution in [1.29, 1.82) is 0 Å². The van der Waals surface area contributed by atoms with E-state index in [4.69, 9.17) is 0 Å². The van der Waals surface area contributed by atoms with Crippen LogP contribution >= 0.6 is 11.3 Å². The largest absolute Gasteiger partial charge is 0.342 e. The first-order valence-electron chi connectivity index (χ1n) is 8.02. The third kappa shape index (κ3) is 4.08. The van der Waals surface area contributed by atoms with Crippen molar-refractivity contribution >= 4 is 17.2 Å². The molecule has 3 aromatic rings. The molecule has 6 heteroatoms. The lowest BCUT2D eigenvalue weighted by Crippen LogP contribution is -2.31. The van der Waals surface area contributed by atoms with Gasteiger partial charge >= 0.3 is 0 Å². The molecule has 2 heterocycles. The highest BCUT2D eigenvalue weighted by Gasteiger charge is 2.18. The standard InChI is InChI=1S/C18H20N4OS/c1-2-6-17-20-16(12-24-17)18(23)21-15(11-22-10-9-19-13-22)14-7-4-3-5-8-14/h3-5,7-10,12-13,15H,2,6,11H2,1H3,(H,21,23). The molecule has 0 saturated heterocycles. The maximum Gasteiger partial charge on any atom is 0.271 e. The number of benzene rings is 1. The van der Waals surface area contributed by atoms with Crippen LogP contribution in [0.5, 0.6) is 0 Å². The molecule has 1 unspecified atom stereocenters. The van der Waals surface area contributed by atoms with Crippen LogP contribution in [0.2, 0.25) is 0 Å². The Labute approximate surface area is 145 Å². The molecule has 24 heavy (non-hydrogen) atoms. The van der Waals surface area contributed by atoms with Crippen LogP contribution in [0, 0.1) is 0 Å². The molecule has 0 fully saturated rings. The summed E-state index contributed by atoms with van der Waals surface area (Å²) in [4.78, 5) is 21.1. The van der Waals surface area contributed by atoms with E-state index in [-0.39, 0.29) is 11.9 Å². The van der Waals surface area contributed by atoms with Gasteiger partial charge in [-0.3, -0.25) is 4.79 Å². The number of aromatic nitrogens is 3. The fourth-order valence-corrected chi connectivity index (χ4v) is 3.38. The monoisotopic (exact) mass is 340 g/mol. The van der Waals surface area contributed by atoms with Gasteiger partial charge in [0, 0.05) is 24.3 Å². The summed E-state index contributed by atoms with van der Waals surface area (Å²) < 4.78 is 1.96. The van der Waals surface area contributed by atoms with Crippen LogP contribution in [-0.4, -0.2) is 20.4 Å². The van der Waals surface area contributed by atoms with Crippen molar-refractivity contribution in [2.24, 2.45) is 0 Å². The van der Waals surface area contributed by atoms with Crippen molar-refractivity contribution in [3.63, 3.8) is 0 Å². The first-order valence-corrected chi connectivity index (χ1v) is 8.90. The predicted molar refractivity (Wildman–Crippen MR) is 95.0 cm³/mol. The number of rotatable bonds is 7. The lowest BCUT2D eigenvalue weighted by atomic mass is 10.1. The molecule has 0 aliphatic rings. The molecule has 0 aliphatic heterocycles. The van der Waals surface area contributed by atoms with Gasteiger partial charge in [-0.25, -0.2) is 9.97 Å². The second kappa shape index (κ2) is 7.88. The predicted octanol–water partition coefficient (Wildman–Crippen LogP) is 3.46. The zero-order valence-corrected chi connectivity index (χ0v) is 14.4. The molecule has 5 nitrogen and oxygen atoms in total. The fourth-order valence-electron chi connectivity index (χ4n) is 2.50. The molecule has 124 valence electrons. The number of hydrogen-bond donors (Lipinski definition) is 1. The average molecular weight is 340 g/mol. The van der Waals surface area contributed by atoms with Gasteiger partial charge in [-0.1, -0.05) is 37.3 Å². The van der Waals surface area contributed by atoms with E-state index in [0.29, 0.717) is 12.2 Å². The van der Waals surface area contributed by atoms with Crippen LogP contribution in [0.15, 0.2) is 54.4 Å². The molecule has 1 N–H and O–H groups in total. The molecular weight excluding hydrogens is 320 g/mol. The second-order valence-electron chi connectivity index (χ2n) is 5.57. The third-order valence-electron chi connectivity index (χ3n) is 3.71. The Morgan fingerprint density at radius 2 is 2.17 bits per heavy atom. The van der Waals surface area contributed by atoms with E-state index < -0.39 is 0 Å². The average Bonchev–Trinajstić information content (AvgIpc) is 3.27. The van der Waals surface area contributed by atoms with Crippen molar-refractivity contribution in [1.82, 2.24) is 19.9 Å². The Hall–Kier alpha value is -2.47. The number of imidazole rings is 1. The molecule has 0 radical (unpaired) electrons. The van der Waals surface area contributed by atoms with Crippen molar-refractivity contribution in [2.45, 2.75) is 32.4 Å². The Bertz CT molecular complexity index is 767. The summed E-state index contributed by atoms with van der Waals surface area (Å²) in [6.45, 7) is 2.74. The summed E-state index contributed by atoms with van der Waals surface area (Å²) in [5, 5.41) is 5.94. The Kier molecular flexibility index (Phi) is 5.38. The molecule has 0 saturated carbocycles. The maximum absolute atomic E-state index is 12.6. The minimum Gasteiger partial charge on any atom is -0.342 e. The number of hydrogen-bond acceptors (Lipinski definition) is 4. The van der Waals surface area contributed by atoms with Crippen LogP contribution in [0.3, 0.4) is 0 Å². The zero-order chi connectivity index (χ0) is 16.8. The lowest BCUT2D eigenvalue weighted by Gasteiger charge is -2.19. The molecular formula is C18H20N4OS. The highest BCUT2D eigenvalue weighted by Crippen LogP contribution is 2.17. The third-order valence-corrected chi connectivity index (χ3v) is 4.62. The summed E-state index contributed by atoms with van der Waals surface area (Å²) in [6, 6.07) is 9.83. The smallest absolute Gasteiger partial charge is 0.271 e. The van der Waals surface area contributed by atoms with Crippen LogP contribution < -0.4 is 5.32 Å². The molecule has 0 aliphatic carbocycles. The van der Waals surface area contributed by atoms with E-state index in [1.807, 2.05) is 46.5 Å². The van der Waals surface area contributed by atoms with E-state index >= 15 is 0 Å². The number of amides is 1. The molecule has 1 aromatic carbocycles. The van der Waals surface area contributed by atoms with Gasteiger partial charge in [0.1, 0.15) is 5.69 Å². The summed E-state index contributed by atoms with van der Waals surface area (Å²) >= 11 is 1.54. The highest BCUT2D eigenvalue weighted by molar-refractivity contribution is 7.09. The minimum atomic E-state index is -0.137. The SMILES string of the molecule is CCCc1nc(C(=O)NC(Cn2ccnc2)c2ccccc2)cs1. The number of carbonyl (C=O) groups excluding carboxylic acids is 1. The maximum atomic E-state index is 12.6. The molecule has 0 spiro atoms. The molecule has 2 aromatic heterocycles. The minimum absolute atomic E-state index is 0.135. The van der Waals surface area contributed by atoms with Gasteiger partial charge in [-0.2, -0.15) is 0 Å². The molecule has 0 bridgehead atoms. The van der Waals surface area contributed by atoms with E-state index in [9.17, 15) is 4.79 Å². The number of nitrogens with one attached hydrogen (secondary N) is 1. The summed E-state index contributed by atoms with van der Waals surface area (Å²) in [7, 11) is 0. The van der Waals surface area contributed by atoms with Crippen molar-refractivity contribution in [3.05, 3.63) is 70.7 Å². The van der Waals surface area contributed by atoms with Crippen LogP contribution in [0.4, 0.5) is 0 Å². The van der Waals surface area contributed by atoms with Gasteiger partial charge in [0.15, 0.2) is 0 Å². The lowest BCUT2D eigenvalue weighted by molar-refractivity contribution is 0.0928. The van der Waals surface area contributed by atoms with Crippen LogP contribution in [0.1, 0.15) is 40.4 Å². The number of nitrogens with zero attached hydrogens (tertiary/aromatic N) is 3.